The van der Waals surface area contributed by atoms with Crippen molar-refractivity contribution in [3.8, 4) is 0 Å². The van der Waals surface area contributed by atoms with E-state index in [2.05, 4.69) is 37.7 Å². The molecule has 0 N–H and O–H groups in total. The molecule has 1 aromatic heterocycles. The largest absolute Gasteiger partial charge is 0.469 e. The summed E-state index contributed by atoms with van der Waals surface area (Å²) >= 11 is 0. The Morgan fingerprint density at radius 2 is 2.00 bits per heavy atom. The molecule has 0 aliphatic carbocycles. The molecular formula is C18H31N3O2. The third-order valence-corrected chi connectivity index (χ3v) is 4.64. The van der Waals surface area contributed by atoms with Gasteiger partial charge in [-0.05, 0) is 53.0 Å². The molecule has 2 unspecified atom stereocenters. The van der Waals surface area contributed by atoms with Crippen LogP contribution in [0.5, 0.6) is 0 Å². The van der Waals surface area contributed by atoms with E-state index < -0.39 is 0 Å². The summed E-state index contributed by atoms with van der Waals surface area (Å²) in [4.78, 5) is 19.2. The summed E-state index contributed by atoms with van der Waals surface area (Å²) in [7, 11) is 4.23. The van der Waals surface area contributed by atoms with Crippen LogP contribution < -0.4 is 0 Å². The van der Waals surface area contributed by atoms with Gasteiger partial charge in [-0.25, -0.2) is 0 Å². The number of hydrogen-bond acceptors (Lipinski definition) is 4. The van der Waals surface area contributed by atoms with Crippen LogP contribution >= 0.6 is 0 Å². The molecular weight excluding hydrogens is 290 g/mol. The van der Waals surface area contributed by atoms with Crippen molar-refractivity contribution in [3.05, 3.63) is 24.2 Å². The molecule has 0 aromatic carbocycles. The van der Waals surface area contributed by atoms with Crippen molar-refractivity contribution in [2.75, 3.05) is 40.3 Å². The van der Waals surface area contributed by atoms with Gasteiger partial charge in [0, 0.05) is 44.6 Å². The van der Waals surface area contributed by atoms with E-state index in [1.807, 2.05) is 17.0 Å². The molecule has 23 heavy (non-hydrogen) atoms. The predicted octanol–water partition coefficient (Wildman–Crippen LogP) is 2.09. The predicted molar refractivity (Wildman–Crippen MR) is 92.4 cm³/mol. The molecule has 1 aromatic rings. The first-order valence-corrected chi connectivity index (χ1v) is 8.68. The maximum atomic E-state index is 12.5. The zero-order valence-corrected chi connectivity index (χ0v) is 15.0. The topological polar surface area (TPSA) is 39.9 Å². The lowest BCUT2D eigenvalue weighted by molar-refractivity contribution is -0.135. The molecule has 1 saturated heterocycles. The Kier molecular flexibility index (Phi) is 6.66. The fourth-order valence-corrected chi connectivity index (χ4v) is 3.41. The Bertz CT molecular complexity index is 461. The molecule has 130 valence electrons. The zero-order valence-electron chi connectivity index (χ0n) is 15.0. The summed E-state index contributed by atoms with van der Waals surface area (Å²) in [6.07, 6.45) is 4.07. The second kappa shape index (κ2) is 8.50. The smallest absolute Gasteiger partial charge is 0.223 e. The van der Waals surface area contributed by atoms with E-state index in [9.17, 15) is 4.79 Å². The van der Waals surface area contributed by atoms with Gasteiger partial charge in [-0.2, -0.15) is 0 Å². The summed E-state index contributed by atoms with van der Waals surface area (Å²) in [5.74, 6) is 1.13. The molecule has 1 aliphatic rings. The third kappa shape index (κ3) is 5.36. The summed E-state index contributed by atoms with van der Waals surface area (Å²) in [6, 6.07) is 4.65. The van der Waals surface area contributed by atoms with Crippen molar-refractivity contribution in [1.29, 1.82) is 0 Å². The van der Waals surface area contributed by atoms with Gasteiger partial charge in [-0.3, -0.25) is 9.69 Å². The lowest BCUT2D eigenvalue weighted by Gasteiger charge is -2.44. The first-order chi connectivity index (χ1) is 11.0. The van der Waals surface area contributed by atoms with Gasteiger partial charge in [0.1, 0.15) is 5.76 Å². The van der Waals surface area contributed by atoms with Gasteiger partial charge < -0.3 is 14.2 Å². The van der Waals surface area contributed by atoms with Crippen LogP contribution in [0.3, 0.4) is 0 Å². The Morgan fingerprint density at radius 3 is 2.57 bits per heavy atom. The lowest BCUT2D eigenvalue weighted by atomic mass is 10.1. The van der Waals surface area contributed by atoms with Crippen LogP contribution in [0.4, 0.5) is 0 Å². The number of nitrogens with zero attached hydrogens (tertiary/aromatic N) is 3. The quantitative estimate of drug-likeness (QED) is 0.771. The Morgan fingerprint density at radius 1 is 1.30 bits per heavy atom. The van der Waals surface area contributed by atoms with Crippen molar-refractivity contribution in [2.24, 2.45) is 0 Å². The van der Waals surface area contributed by atoms with Gasteiger partial charge in [-0.1, -0.05) is 0 Å². The average Bonchev–Trinajstić information content (AvgIpc) is 3.00. The van der Waals surface area contributed by atoms with E-state index in [-0.39, 0.29) is 5.91 Å². The van der Waals surface area contributed by atoms with E-state index in [4.69, 9.17) is 4.42 Å². The summed E-state index contributed by atoms with van der Waals surface area (Å²) < 4.78 is 5.31. The molecule has 2 rings (SSSR count). The van der Waals surface area contributed by atoms with Gasteiger partial charge in [-0.15, -0.1) is 0 Å². The molecule has 1 amide bonds. The molecule has 5 heteroatoms. The standard InChI is InChI=1S/C18H31N3O2/c1-15-13-20(18(22)9-8-17-7-5-12-23-17)14-16(2)21(15)11-6-10-19(3)4/h5,7,12,15-16H,6,8-11,13-14H2,1-4H3. The monoisotopic (exact) mass is 321 g/mol. The lowest BCUT2D eigenvalue weighted by Crippen LogP contribution is -2.58. The van der Waals surface area contributed by atoms with Crippen molar-refractivity contribution in [3.63, 3.8) is 0 Å². The molecule has 2 heterocycles. The first-order valence-electron chi connectivity index (χ1n) is 8.68. The number of amides is 1. The minimum absolute atomic E-state index is 0.244. The molecule has 0 spiro atoms. The normalized spacial score (nSPS) is 22.7. The van der Waals surface area contributed by atoms with Crippen LogP contribution in [-0.4, -0.2) is 73.0 Å². The van der Waals surface area contributed by atoms with Gasteiger partial charge in [0.2, 0.25) is 5.91 Å². The fraction of sp³-hybridized carbons (Fsp3) is 0.722. The van der Waals surface area contributed by atoms with Crippen LogP contribution in [0.2, 0.25) is 0 Å². The molecule has 5 nitrogen and oxygen atoms in total. The fourth-order valence-electron chi connectivity index (χ4n) is 3.41. The molecule has 0 saturated carbocycles. The van der Waals surface area contributed by atoms with Crippen LogP contribution in [-0.2, 0) is 11.2 Å². The molecule has 2 atom stereocenters. The summed E-state index contributed by atoms with van der Waals surface area (Å²) in [6.45, 7) is 8.36. The number of carbonyl (C=O) groups is 1. The number of piperazine rings is 1. The molecule has 1 aliphatic heterocycles. The van der Waals surface area contributed by atoms with Crippen LogP contribution in [0.1, 0.15) is 32.4 Å². The SMILES string of the molecule is CC1CN(C(=O)CCc2ccco2)CC(C)N1CCCN(C)C. The van der Waals surface area contributed by atoms with Crippen LogP contribution in [0.25, 0.3) is 0 Å². The minimum Gasteiger partial charge on any atom is -0.469 e. The number of furan rings is 1. The van der Waals surface area contributed by atoms with Crippen molar-refractivity contribution >= 4 is 5.91 Å². The van der Waals surface area contributed by atoms with Crippen LogP contribution in [0, 0.1) is 0 Å². The van der Waals surface area contributed by atoms with E-state index >= 15 is 0 Å². The molecule has 1 fully saturated rings. The van der Waals surface area contributed by atoms with E-state index in [1.54, 1.807) is 6.26 Å². The van der Waals surface area contributed by atoms with Crippen LogP contribution in [0.15, 0.2) is 22.8 Å². The van der Waals surface area contributed by atoms with Crippen molar-refractivity contribution in [2.45, 2.75) is 45.2 Å². The highest BCUT2D eigenvalue weighted by atomic mass is 16.3. The highest BCUT2D eigenvalue weighted by Crippen LogP contribution is 2.17. The van der Waals surface area contributed by atoms with Gasteiger partial charge >= 0.3 is 0 Å². The summed E-state index contributed by atoms with van der Waals surface area (Å²) in [5.41, 5.74) is 0. The van der Waals surface area contributed by atoms with E-state index in [0.717, 1.165) is 31.9 Å². The van der Waals surface area contributed by atoms with Gasteiger partial charge in [0.05, 0.1) is 6.26 Å². The Hall–Kier alpha value is -1.33. The van der Waals surface area contributed by atoms with Gasteiger partial charge in [0.25, 0.3) is 0 Å². The maximum absolute atomic E-state index is 12.5. The van der Waals surface area contributed by atoms with Gasteiger partial charge in [0.15, 0.2) is 0 Å². The Labute approximate surface area is 140 Å². The van der Waals surface area contributed by atoms with Crippen molar-refractivity contribution < 1.29 is 9.21 Å². The molecule has 0 bridgehead atoms. The minimum atomic E-state index is 0.244. The summed E-state index contributed by atoms with van der Waals surface area (Å²) in [5, 5.41) is 0. The van der Waals surface area contributed by atoms with Crippen molar-refractivity contribution in [1.82, 2.24) is 14.7 Å². The zero-order chi connectivity index (χ0) is 16.8. The number of aryl methyl sites for hydroxylation is 1. The molecule has 0 radical (unpaired) electrons. The number of hydrogen-bond donors (Lipinski definition) is 0. The average molecular weight is 321 g/mol. The Balaban J connectivity index is 1.79. The third-order valence-electron chi connectivity index (χ3n) is 4.64. The second-order valence-electron chi connectivity index (χ2n) is 6.97. The maximum Gasteiger partial charge on any atom is 0.223 e. The van der Waals surface area contributed by atoms with E-state index in [1.165, 1.54) is 6.42 Å². The van der Waals surface area contributed by atoms with E-state index in [0.29, 0.717) is 24.9 Å². The highest BCUT2D eigenvalue weighted by molar-refractivity contribution is 5.76. The number of carbonyl (C=O) groups excluding carboxylic acids is 1. The second-order valence-corrected chi connectivity index (χ2v) is 6.97. The number of rotatable bonds is 7. The first kappa shape index (κ1) is 18.0. The highest BCUT2D eigenvalue weighted by Gasteiger charge is 2.31.